The minimum Gasteiger partial charge on any atom is -0.423 e. The number of carbonyl (C=O) groups excluding carboxylic acids is 1. The fourth-order valence-corrected chi connectivity index (χ4v) is 0.646. The molecule has 0 atom stereocenters. The highest BCUT2D eigenvalue weighted by Crippen LogP contribution is 2.07. The molecular weight excluding hydrogens is 196 g/mol. The number of hydrogen-bond acceptors (Lipinski definition) is 4. The Labute approximate surface area is 88.4 Å². The average molecular weight is 210 g/mol. The minimum absolute atomic E-state index is 0.125. The maximum absolute atomic E-state index is 10.6. The Hall–Kier alpha value is -1.65. The van der Waals surface area contributed by atoms with Gasteiger partial charge in [0.05, 0.1) is 13.2 Å². The van der Waals surface area contributed by atoms with E-state index in [9.17, 15) is 4.79 Å². The van der Waals surface area contributed by atoms with E-state index in [1.807, 2.05) is 6.07 Å². The van der Waals surface area contributed by atoms with Crippen molar-refractivity contribution < 1.29 is 19.7 Å². The van der Waals surface area contributed by atoms with E-state index in [4.69, 9.17) is 14.9 Å². The lowest BCUT2D eigenvalue weighted by molar-refractivity contribution is -0.128. The van der Waals surface area contributed by atoms with Crippen molar-refractivity contribution in [2.45, 2.75) is 0 Å². The second kappa shape index (κ2) is 8.93. The molecule has 82 valence electrons. The predicted molar refractivity (Wildman–Crippen MR) is 56.4 cm³/mol. The van der Waals surface area contributed by atoms with E-state index in [1.165, 1.54) is 0 Å². The average Bonchev–Trinajstić information content (AvgIpc) is 2.30. The Morgan fingerprint density at radius 1 is 1.27 bits per heavy atom. The number of hydrogen-bond donors (Lipinski definition) is 2. The van der Waals surface area contributed by atoms with E-state index >= 15 is 0 Å². The molecule has 2 N–H and O–H groups in total. The van der Waals surface area contributed by atoms with Crippen LogP contribution < -0.4 is 4.74 Å². The van der Waals surface area contributed by atoms with Crippen LogP contribution in [0.1, 0.15) is 0 Å². The van der Waals surface area contributed by atoms with Crippen molar-refractivity contribution in [2.75, 3.05) is 13.2 Å². The van der Waals surface area contributed by atoms with Gasteiger partial charge in [-0.25, -0.2) is 4.79 Å². The molecule has 0 saturated carbocycles. The zero-order valence-corrected chi connectivity index (χ0v) is 8.30. The zero-order chi connectivity index (χ0) is 11.5. The highest BCUT2D eigenvalue weighted by Gasteiger charge is 1.95. The van der Waals surface area contributed by atoms with Crippen molar-refractivity contribution in [1.29, 1.82) is 0 Å². The molecule has 0 fully saturated rings. The molecule has 0 spiro atoms. The maximum Gasteiger partial charge on any atom is 0.335 e. The van der Waals surface area contributed by atoms with E-state index in [0.717, 1.165) is 6.08 Å². The molecule has 0 heterocycles. The van der Waals surface area contributed by atoms with Gasteiger partial charge in [0, 0.05) is 6.08 Å². The predicted octanol–water partition coefficient (Wildman–Crippen LogP) is 0.749. The van der Waals surface area contributed by atoms with Gasteiger partial charge in [-0.3, -0.25) is 0 Å². The first kappa shape index (κ1) is 13.4. The highest BCUT2D eigenvalue weighted by molar-refractivity contribution is 5.83. The largest absolute Gasteiger partial charge is 0.423 e. The molecule has 0 bridgehead atoms. The van der Waals surface area contributed by atoms with Gasteiger partial charge in [0.25, 0.3) is 0 Å². The molecule has 0 amide bonds. The second-order valence-electron chi connectivity index (χ2n) is 2.39. The van der Waals surface area contributed by atoms with Gasteiger partial charge >= 0.3 is 5.97 Å². The van der Waals surface area contributed by atoms with Crippen LogP contribution in [0.5, 0.6) is 5.75 Å². The molecule has 0 aliphatic rings. The normalized spacial score (nSPS) is 8.40. The van der Waals surface area contributed by atoms with E-state index in [1.54, 1.807) is 24.3 Å². The summed E-state index contributed by atoms with van der Waals surface area (Å²) in [6, 6.07) is 8.87. The number of carbonyl (C=O) groups is 1. The summed E-state index contributed by atoms with van der Waals surface area (Å²) < 4.78 is 4.81. The van der Waals surface area contributed by atoms with Gasteiger partial charge in [-0.15, -0.1) is 0 Å². The summed E-state index contributed by atoms with van der Waals surface area (Å²) in [6.07, 6.45) is 1.13. The summed E-state index contributed by atoms with van der Waals surface area (Å²) in [4.78, 5) is 10.6. The molecule has 0 radical (unpaired) electrons. The van der Waals surface area contributed by atoms with Crippen molar-refractivity contribution in [3.05, 3.63) is 43.0 Å². The number of rotatable bonds is 3. The summed E-state index contributed by atoms with van der Waals surface area (Å²) in [6.45, 7) is 3.03. The lowest BCUT2D eigenvalue weighted by atomic mass is 10.3. The monoisotopic (exact) mass is 210 g/mol. The number of para-hydroxylation sites is 1. The molecule has 0 aliphatic carbocycles. The lowest BCUT2D eigenvalue weighted by Gasteiger charge is -1.98. The molecular formula is C11H14O4. The summed E-state index contributed by atoms with van der Waals surface area (Å²) in [5, 5.41) is 15.2. The van der Waals surface area contributed by atoms with Crippen molar-refractivity contribution in [3.8, 4) is 5.75 Å². The molecule has 1 rings (SSSR count). The molecule has 15 heavy (non-hydrogen) atoms. The van der Waals surface area contributed by atoms with E-state index in [2.05, 4.69) is 6.58 Å². The number of ether oxygens (including phenoxy) is 1. The van der Waals surface area contributed by atoms with Crippen LogP contribution in [-0.2, 0) is 4.79 Å². The fraction of sp³-hybridized carbons (Fsp3) is 0.182. The van der Waals surface area contributed by atoms with Crippen LogP contribution in [0.2, 0.25) is 0 Å². The molecule has 0 saturated heterocycles. The lowest BCUT2D eigenvalue weighted by Crippen LogP contribution is -2.02. The van der Waals surface area contributed by atoms with Gasteiger partial charge in [-0.2, -0.15) is 0 Å². The molecule has 1 aromatic rings. The fourth-order valence-electron chi connectivity index (χ4n) is 0.646. The van der Waals surface area contributed by atoms with Crippen LogP contribution in [0.4, 0.5) is 0 Å². The van der Waals surface area contributed by atoms with Gasteiger partial charge < -0.3 is 14.9 Å². The Kier molecular flexibility index (Phi) is 7.94. The number of aliphatic hydroxyl groups excluding tert-OH is 2. The summed E-state index contributed by atoms with van der Waals surface area (Å²) in [7, 11) is 0. The molecule has 1 aromatic carbocycles. The Morgan fingerprint density at radius 2 is 1.80 bits per heavy atom. The van der Waals surface area contributed by atoms with Crippen molar-refractivity contribution >= 4 is 5.97 Å². The number of aliphatic hydroxyl groups is 2. The van der Waals surface area contributed by atoms with Gasteiger partial charge in [-0.1, -0.05) is 24.8 Å². The first-order chi connectivity index (χ1) is 7.24. The molecule has 0 unspecified atom stereocenters. The first-order valence-corrected chi connectivity index (χ1v) is 4.35. The van der Waals surface area contributed by atoms with Crippen molar-refractivity contribution in [1.82, 2.24) is 0 Å². The molecule has 4 heteroatoms. The Balaban J connectivity index is 0.000000423. The quantitative estimate of drug-likeness (QED) is 0.439. The Morgan fingerprint density at radius 3 is 2.20 bits per heavy atom. The van der Waals surface area contributed by atoms with Crippen LogP contribution in [0.3, 0.4) is 0 Å². The Bertz CT molecular complexity index is 280. The summed E-state index contributed by atoms with van der Waals surface area (Å²) in [5.74, 6) is 0.105. The first-order valence-electron chi connectivity index (χ1n) is 4.35. The van der Waals surface area contributed by atoms with E-state index in [-0.39, 0.29) is 13.2 Å². The maximum atomic E-state index is 10.6. The van der Waals surface area contributed by atoms with E-state index < -0.39 is 5.97 Å². The molecule has 0 aliphatic heterocycles. The summed E-state index contributed by atoms with van der Waals surface area (Å²) in [5.41, 5.74) is 0. The van der Waals surface area contributed by atoms with Crippen molar-refractivity contribution in [2.24, 2.45) is 0 Å². The SMILES string of the molecule is C=CC(=O)Oc1ccccc1.OCCO. The van der Waals surface area contributed by atoms with Crippen molar-refractivity contribution in [3.63, 3.8) is 0 Å². The minimum atomic E-state index is -0.434. The third-order valence-corrected chi connectivity index (χ3v) is 1.23. The van der Waals surface area contributed by atoms with Gasteiger partial charge in [0.15, 0.2) is 0 Å². The second-order valence-corrected chi connectivity index (χ2v) is 2.39. The third kappa shape index (κ3) is 7.42. The standard InChI is InChI=1S/C9H8O2.C2H6O2/c1-2-9(10)11-8-6-4-3-5-7-8;3-1-2-4/h2-7H,1H2;3-4H,1-2H2. The highest BCUT2D eigenvalue weighted by atomic mass is 16.5. The van der Waals surface area contributed by atoms with E-state index in [0.29, 0.717) is 5.75 Å². The number of benzene rings is 1. The van der Waals surface area contributed by atoms with Crippen LogP contribution in [0.25, 0.3) is 0 Å². The zero-order valence-electron chi connectivity index (χ0n) is 8.30. The van der Waals surface area contributed by atoms with Gasteiger partial charge in [-0.05, 0) is 12.1 Å². The number of esters is 1. The van der Waals surface area contributed by atoms with Gasteiger partial charge in [0.2, 0.25) is 0 Å². The topological polar surface area (TPSA) is 66.8 Å². The molecule has 0 aromatic heterocycles. The molecule has 4 nitrogen and oxygen atoms in total. The van der Waals surface area contributed by atoms with Gasteiger partial charge in [0.1, 0.15) is 5.75 Å². The summed E-state index contributed by atoms with van der Waals surface area (Å²) >= 11 is 0. The third-order valence-electron chi connectivity index (χ3n) is 1.23. The van der Waals surface area contributed by atoms with Crippen LogP contribution in [0.15, 0.2) is 43.0 Å². The van der Waals surface area contributed by atoms with Crippen LogP contribution in [-0.4, -0.2) is 29.4 Å². The van der Waals surface area contributed by atoms with Crippen LogP contribution >= 0.6 is 0 Å². The van der Waals surface area contributed by atoms with Crippen LogP contribution in [0, 0.1) is 0 Å². The smallest absolute Gasteiger partial charge is 0.335 e.